The third-order valence-corrected chi connectivity index (χ3v) is 5.94. The number of aromatic nitrogens is 1. The van der Waals surface area contributed by atoms with Gasteiger partial charge in [0.1, 0.15) is 6.10 Å². The van der Waals surface area contributed by atoms with Gasteiger partial charge in [-0.3, -0.25) is 19.0 Å². The SMILES string of the molecule is NC(=O)C1CCC2(CCCC(NC(=O)c3ccc(-n4ccccc4=O)cc3)C2)O1. The van der Waals surface area contributed by atoms with Crippen molar-refractivity contribution in [3.05, 3.63) is 64.6 Å². The van der Waals surface area contributed by atoms with Crippen molar-refractivity contribution in [2.75, 3.05) is 0 Å². The third kappa shape index (κ3) is 4.10. The van der Waals surface area contributed by atoms with Crippen LogP contribution in [0.5, 0.6) is 0 Å². The molecular weight excluding hydrogens is 370 g/mol. The van der Waals surface area contributed by atoms with Crippen molar-refractivity contribution in [2.45, 2.75) is 56.3 Å². The summed E-state index contributed by atoms with van der Waals surface area (Å²) in [7, 11) is 0. The first-order chi connectivity index (χ1) is 14.0. The summed E-state index contributed by atoms with van der Waals surface area (Å²) in [6.45, 7) is 0. The van der Waals surface area contributed by atoms with Crippen molar-refractivity contribution >= 4 is 11.8 Å². The molecule has 1 aliphatic carbocycles. The third-order valence-electron chi connectivity index (χ3n) is 5.94. The normalized spacial score (nSPS) is 26.3. The number of carbonyl (C=O) groups is 2. The summed E-state index contributed by atoms with van der Waals surface area (Å²) in [5.41, 5.74) is 6.16. The predicted molar refractivity (Wildman–Crippen MR) is 108 cm³/mol. The van der Waals surface area contributed by atoms with Crippen molar-refractivity contribution < 1.29 is 14.3 Å². The van der Waals surface area contributed by atoms with Crippen LogP contribution in [-0.4, -0.2) is 34.1 Å². The molecule has 1 aromatic heterocycles. The Morgan fingerprint density at radius 1 is 1.10 bits per heavy atom. The minimum atomic E-state index is -0.515. The monoisotopic (exact) mass is 395 g/mol. The Balaban J connectivity index is 1.41. The van der Waals surface area contributed by atoms with Gasteiger partial charge in [-0.1, -0.05) is 6.07 Å². The molecular formula is C22H25N3O4. The van der Waals surface area contributed by atoms with Crippen molar-refractivity contribution in [1.29, 1.82) is 0 Å². The maximum absolute atomic E-state index is 12.7. The fraction of sp³-hybridized carbons (Fsp3) is 0.409. The molecule has 2 aromatic rings. The molecule has 2 amide bonds. The quantitative estimate of drug-likeness (QED) is 0.825. The summed E-state index contributed by atoms with van der Waals surface area (Å²) in [6, 6.07) is 11.9. The van der Waals surface area contributed by atoms with Crippen LogP contribution in [0.2, 0.25) is 0 Å². The summed E-state index contributed by atoms with van der Waals surface area (Å²) < 4.78 is 7.51. The number of pyridine rings is 1. The number of ether oxygens (including phenoxy) is 1. The standard InChI is InChI=1S/C22H25N3O4/c23-20(27)18-10-12-22(29-18)11-3-4-16(14-22)24-21(28)15-6-8-17(9-7-15)25-13-2-1-5-19(25)26/h1-2,5-9,13,16,18H,3-4,10-12,14H2,(H2,23,27)(H,24,28). The van der Waals surface area contributed by atoms with Crippen LogP contribution in [0, 0.1) is 0 Å². The lowest BCUT2D eigenvalue weighted by molar-refractivity contribution is -0.136. The number of amides is 2. The summed E-state index contributed by atoms with van der Waals surface area (Å²) >= 11 is 0. The van der Waals surface area contributed by atoms with E-state index < -0.39 is 12.0 Å². The van der Waals surface area contributed by atoms with Crippen LogP contribution < -0.4 is 16.6 Å². The number of nitrogens with zero attached hydrogens (tertiary/aromatic N) is 1. The molecule has 2 fully saturated rings. The Morgan fingerprint density at radius 2 is 1.90 bits per heavy atom. The Kier molecular flexibility index (Phi) is 5.24. The number of rotatable bonds is 4. The summed E-state index contributed by atoms with van der Waals surface area (Å²) in [5.74, 6) is -0.561. The van der Waals surface area contributed by atoms with Crippen LogP contribution in [0.15, 0.2) is 53.5 Å². The maximum atomic E-state index is 12.7. The molecule has 2 aliphatic rings. The topological polar surface area (TPSA) is 103 Å². The molecule has 152 valence electrons. The Hall–Kier alpha value is -2.93. The van der Waals surface area contributed by atoms with Gasteiger partial charge in [-0.15, -0.1) is 0 Å². The molecule has 2 heterocycles. The van der Waals surface area contributed by atoms with Gasteiger partial charge in [0, 0.05) is 29.6 Å². The van der Waals surface area contributed by atoms with Gasteiger partial charge in [-0.05, 0) is 68.9 Å². The fourth-order valence-electron chi connectivity index (χ4n) is 4.48. The van der Waals surface area contributed by atoms with E-state index in [0.717, 1.165) is 25.7 Å². The van der Waals surface area contributed by atoms with E-state index >= 15 is 0 Å². The van der Waals surface area contributed by atoms with E-state index in [2.05, 4.69) is 5.32 Å². The maximum Gasteiger partial charge on any atom is 0.255 e. The second-order valence-corrected chi connectivity index (χ2v) is 7.95. The van der Waals surface area contributed by atoms with Crippen molar-refractivity contribution in [2.24, 2.45) is 5.73 Å². The van der Waals surface area contributed by atoms with E-state index in [1.54, 1.807) is 42.6 Å². The van der Waals surface area contributed by atoms with Gasteiger partial charge < -0.3 is 15.8 Å². The first kappa shape index (κ1) is 19.4. The zero-order valence-electron chi connectivity index (χ0n) is 16.2. The number of nitrogens with two attached hydrogens (primary N) is 1. The van der Waals surface area contributed by atoms with Crippen LogP contribution in [0.1, 0.15) is 48.9 Å². The molecule has 3 atom stereocenters. The zero-order chi connectivity index (χ0) is 20.4. The molecule has 7 nitrogen and oxygen atoms in total. The van der Waals surface area contributed by atoms with Crippen LogP contribution in [0.25, 0.3) is 5.69 Å². The van der Waals surface area contributed by atoms with Gasteiger partial charge in [-0.2, -0.15) is 0 Å². The molecule has 1 aromatic carbocycles. The lowest BCUT2D eigenvalue weighted by Gasteiger charge is -2.38. The lowest BCUT2D eigenvalue weighted by Crippen LogP contribution is -2.46. The van der Waals surface area contributed by atoms with Gasteiger partial charge >= 0.3 is 0 Å². The van der Waals surface area contributed by atoms with Gasteiger partial charge in [-0.25, -0.2) is 0 Å². The molecule has 1 saturated heterocycles. The van der Waals surface area contributed by atoms with E-state index in [9.17, 15) is 14.4 Å². The number of nitrogens with one attached hydrogen (secondary N) is 1. The Labute approximate surface area is 168 Å². The molecule has 0 bridgehead atoms. The molecule has 29 heavy (non-hydrogen) atoms. The fourth-order valence-corrected chi connectivity index (χ4v) is 4.48. The van der Waals surface area contributed by atoms with Crippen LogP contribution in [0.4, 0.5) is 0 Å². The highest BCUT2D eigenvalue weighted by molar-refractivity contribution is 5.94. The average Bonchev–Trinajstić information content (AvgIpc) is 3.12. The van der Waals surface area contributed by atoms with E-state index in [-0.39, 0.29) is 23.1 Å². The van der Waals surface area contributed by atoms with E-state index in [1.807, 2.05) is 0 Å². The highest BCUT2D eigenvalue weighted by Crippen LogP contribution is 2.42. The van der Waals surface area contributed by atoms with Gasteiger partial charge in [0.2, 0.25) is 5.91 Å². The highest BCUT2D eigenvalue weighted by atomic mass is 16.5. The second kappa shape index (κ2) is 7.83. The van der Waals surface area contributed by atoms with Gasteiger partial charge in [0.25, 0.3) is 11.5 Å². The first-order valence-corrected chi connectivity index (χ1v) is 10.0. The number of benzene rings is 1. The largest absolute Gasteiger partial charge is 0.367 e. The number of hydrogen-bond acceptors (Lipinski definition) is 4. The molecule has 1 saturated carbocycles. The Morgan fingerprint density at radius 3 is 2.59 bits per heavy atom. The minimum absolute atomic E-state index is 0.000652. The number of primary amides is 1. The van der Waals surface area contributed by atoms with E-state index in [0.29, 0.717) is 24.1 Å². The van der Waals surface area contributed by atoms with Crippen molar-refractivity contribution in [3.8, 4) is 5.69 Å². The van der Waals surface area contributed by atoms with Crippen molar-refractivity contribution in [3.63, 3.8) is 0 Å². The summed E-state index contributed by atoms with van der Waals surface area (Å²) in [5, 5.41) is 3.10. The van der Waals surface area contributed by atoms with Gasteiger partial charge in [0.05, 0.1) is 5.60 Å². The molecule has 3 N–H and O–H groups in total. The molecule has 3 unspecified atom stereocenters. The average molecular weight is 395 g/mol. The predicted octanol–water partition coefficient (Wildman–Crippen LogP) is 1.91. The summed E-state index contributed by atoms with van der Waals surface area (Å²) in [4.78, 5) is 36.1. The van der Waals surface area contributed by atoms with Crippen LogP contribution in [-0.2, 0) is 9.53 Å². The molecule has 4 rings (SSSR count). The number of hydrogen-bond donors (Lipinski definition) is 2. The smallest absolute Gasteiger partial charge is 0.255 e. The van der Waals surface area contributed by atoms with E-state index in [1.165, 1.54) is 10.6 Å². The van der Waals surface area contributed by atoms with Gasteiger partial charge in [0.15, 0.2) is 0 Å². The van der Waals surface area contributed by atoms with Crippen LogP contribution >= 0.6 is 0 Å². The molecule has 7 heteroatoms. The highest BCUT2D eigenvalue weighted by Gasteiger charge is 2.45. The molecule has 1 aliphatic heterocycles. The molecule has 1 spiro atoms. The molecule has 0 radical (unpaired) electrons. The second-order valence-electron chi connectivity index (χ2n) is 7.95. The lowest BCUT2D eigenvalue weighted by atomic mass is 9.80. The van der Waals surface area contributed by atoms with Crippen LogP contribution in [0.3, 0.4) is 0 Å². The van der Waals surface area contributed by atoms with Crippen molar-refractivity contribution in [1.82, 2.24) is 9.88 Å². The number of carbonyl (C=O) groups excluding carboxylic acids is 2. The summed E-state index contributed by atoms with van der Waals surface area (Å²) in [6.07, 6.45) is 6.04. The Bertz CT molecular complexity index is 969. The van der Waals surface area contributed by atoms with E-state index in [4.69, 9.17) is 10.5 Å². The minimum Gasteiger partial charge on any atom is -0.367 e. The first-order valence-electron chi connectivity index (χ1n) is 10.0. The zero-order valence-corrected chi connectivity index (χ0v) is 16.2.